The summed E-state index contributed by atoms with van der Waals surface area (Å²) in [4.78, 5) is 32.5. The van der Waals surface area contributed by atoms with Gasteiger partial charge < -0.3 is 0 Å². The van der Waals surface area contributed by atoms with E-state index in [-0.39, 0.29) is 11.2 Å². The number of para-hydroxylation sites is 1. The number of nitrogens with zero attached hydrogens (tertiary/aromatic N) is 4. The lowest BCUT2D eigenvalue weighted by atomic mass is 10.1. The average Bonchev–Trinajstić information content (AvgIpc) is 3.11. The summed E-state index contributed by atoms with van der Waals surface area (Å²) in [6.45, 7) is 0. The average molecular weight is 376 g/mol. The first-order chi connectivity index (χ1) is 13.1. The van der Waals surface area contributed by atoms with Crippen LogP contribution in [0.25, 0.3) is 28.4 Å². The third-order valence-electron chi connectivity index (χ3n) is 3.93. The molecule has 0 fully saturated rings. The highest BCUT2D eigenvalue weighted by Crippen LogP contribution is 2.31. The van der Waals surface area contributed by atoms with Crippen molar-refractivity contribution in [3.8, 4) is 11.3 Å². The number of aromatic nitrogens is 3. The summed E-state index contributed by atoms with van der Waals surface area (Å²) in [7, 11) is 0. The van der Waals surface area contributed by atoms with Crippen LogP contribution in [-0.4, -0.2) is 19.3 Å². The normalized spacial score (nSPS) is 11.3. The number of nitro groups is 1. The van der Waals surface area contributed by atoms with Crippen LogP contribution in [0, 0.1) is 10.1 Å². The molecule has 7 nitrogen and oxygen atoms in total. The van der Waals surface area contributed by atoms with Crippen LogP contribution < -0.4 is 5.56 Å². The second-order valence-corrected chi connectivity index (χ2v) is 6.49. The number of pyridine rings is 1. The lowest BCUT2D eigenvalue weighted by Gasteiger charge is -2.03. The predicted molar refractivity (Wildman–Crippen MR) is 105 cm³/mol. The minimum absolute atomic E-state index is 0.0513. The number of nitro benzene ring substituents is 1. The number of hydrogen-bond donors (Lipinski definition) is 0. The van der Waals surface area contributed by atoms with Crippen molar-refractivity contribution < 1.29 is 4.92 Å². The fraction of sp³-hybridized carbons (Fsp3) is 0. The smallest absolute Gasteiger partial charge is 0.269 e. The molecule has 0 amide bonds. The Bertz CT molecular complexity index is 1230. The number of hydrogen-bond acceptors (Lipinski definition) is 6. The van der Waals surface area contributed by atoms with Crippen LogP contribution in [0.2, 0.25) is 0 Å². The van der Waals surface area contributed by atoms with E-state index in [9.17, 15) is 14.9 Å². The molecule has 132 valence electrons. The summed E-state index contributed by atoms with van der Waals surface area (Å²) in [5.74, 6) is 0. The molecule has 0 spiro atoms. The van der Waals surface area contributed by atoms with Crippen molar-refractivity contribution in [1.82, 2.24) is 14.4 Å². The Labute approximate surface area is 157 Å². The molecule has 0 saturated heterocycles. The van der Waals surface area contributed by atoms with Gasteiger partial charge in [-0.25, -0.2) is 4.98 Å². The fourth-order valence-corrected chi connectivity index (χ4v) is 3.62. The van der Waals surface area contributed by atoms with Crippen LogP contribution in [-0.2, 0) is 0 Å². The highest BCUT2D eigenvalue weighted by Gasteiger charge is 2.18. The van der Waals surface area contributed by atoms with Crippen LogP contribution >= 0.6 is 11.3 Å². The second-order valence-electron chi connectivity index (χ2n) is 5.65. The minimum Gasteiger partial charge on any atom is -0.269 e. The second kappa shape index (κ2) is 6.93. The Morgan fingerprint density at radius 1 is 1.15 bits per heavy atom. The van der Waals surface area contributed by atoms with Gasteiger partial charge in [-0.3, -0.25) is 24.3 Å². The number of benzene rings is 1. The van der Waals surface area contributed by atoms with Crippen LogP contribution in [0.4, 0.5) is 5.69 Å². The molecule has 3 aromatic heterocycles. The summed E-state index contributed by atoms with van der Waals surface area (Å²) < 4.78 is 1.40. The SMILES string of the molecule is O=c1cc(C=Cc2cccnc2)nc2scc(-c3ccccc3[N+](=O)[O-])n12. The van der Waals surface area contributed by atoms with E-state index >= 15 is 0 Å². The van der Waals surface area contributed by atoms with Crippen LogP contribution in [0.3, 0.4) is 0 Å². The van der Waals surface area contributed by atoms with Crippen LogP contribution in [0.5, 0.6) is 0 Å². The topological polar surface area (TPSA) is 90.4 Å². The Kier molecular flexibility index (Phi) is 4.31. The first kappa shape index (κ1) is 16.8. The van der Waals surface area contributed by atoms with Crippen molar-refractivity contribution in [3.63, 3.8) is 0 Å². The number of thiazole rings is 1. The molecule has 4 rings (SSSR count). The largest absolute Gasteiger partial charge is 0.278 e. The first-order valence-electron chi connectivity index (χ1n) is 7.97. The van der Waals surface area contributed by atoms with E-state index in [0.29, 0.717) is 21.9 Å². The van der Waals surface area contributed by atoms with E-state index in [4.69, 9.17) is 0 Å². The van der Waals surface area contributed by atoms with Crippen LogP contribution in [0.1, 0.15) is 11.3 Å². The van der Waals surface area contributed by atoms with Gasteiger partial charge in [-0.15, -0.1) is 11.3 Å². The lowest BCUT2D eigenvalue weighted by molar-refractivity contribution is -0.384. The van der Waals surface area contributed by atoms with Gasteiger partial charge in [0, 0.05) is 29.9 Å². The summed E-state index contributed by atoms with van der Waals surface area (Å²) in [5, 5.41) is 13.0. The maximum Gasteiger partial charge on any atom is 0.278 e. The van der Waals surface area contributed by atoms with Crippen molar-refractivity contribution in [1.29, 1.82) is 0 Å². The first-order valence-corrected chi connectivity index (χ1v) is 8.84. The minimum atomic E-state index is -0.456. The van der Waals surface area contributed by atoms with E-state index in [1.54, 1.807) is 42.0 Å². The van der Waals surface area contributed by atoms with Crippen LogP contribution in [0.15, 0.2) is 65.0 Å². The van der Waals surface area contributed by atoms with E-state index in [1.165, 1.54) is 27.9 Å². The van der Waals surface area contributed by atoms with Gasteiger partial charge in [0.05, 0.1) is 21.9 Å². The van der Waals surface area contributed by atoms with Gasteiger partial charge in [0.2, 0.25) is 0 Å². The quantitative estimate of drug-likeness (QED) is 0.398. The molecular weight excluding hydrogens is 364 g/mol. The predicted octanol–water partition coefficient (Wildman–Crippen LogP) is 3.90. The van der Waals surface area contributed by atoms with Crippen molar-refractivity contribution in [2.24, 2.45) is 0 Å². The Hall–Kier alpha value is -3.65. The molecule has 0 unspecified atom stereocenters. The van der Waals surface area contributed by atoms with Gasteiger partial charge in [-0.2, -0.15) is 0 Å². The maximum absolute atomic E-state index is 12.7. The van der Waals surface area contributed by atoms with Gasteiger partial charge in [-0.05, 0) is 23.8 Å². The van der Waals surface area contributed by atoms with E-state index in [1.807, 2.05) is 18.2 Å². The third-order valence-corrected chi connectivity index (χ3v) is 4.76. The monoisotopic (exact) mass is 376 g/mol. The molecule has 0 bridgehead atoms. The highest BCUT2D eigenvalue weighted by molar-refractivity contribution is 7.15. The van der Waals surface area contributed by atoms with E-state index in [0.717, 1.165) is 5.56 Å². The van der Waals surface area contributed by atoms with Gasteiger partial charge in [-0.1, -0.05) is 24.3 Å². The molecule has 27 heavy (non-hydrogen) atoms. The fourth-order valence-electron chi connectivity index (χ4n) is 2.71. The molecule has 8 heteroatoms. The van der Waals surface area contributed by atoms with Gasteiger partial charge in [0.25, 0.3) is 11.2 Å². The Morgan fingerprint density at radius 3 is 2.78 bits per heavy atom. The van der Waals surface area contributed by atoms with Crippen molar-refractivity contribution in [2.75, 3.05) is 0 Å². The standard InChI is InChI=1S/C19H12N4O3S/c24-18-10-14(8-7-13-4-3-9-20-11-13)21-19-22(18)17(12-27-19)15-5-1-2-6-16(15)23(25)26/h1-12H. The summed E-state index contributed by atoms with van der Waals surface area (Å²) >= 11 is 1.26. The molecule has 3 heterocycles. The molecular formula is C19H12N4O3S. The zero-order chi connectivity index (χ0) is 18.8. The zero-order valence-electron chi connectivity index (χ0n) is 13.9. The molecule has 0 N–H and O–H groups in total. The molecule has 0 aliphatic carbocycles. The summed E-state index contributed by atoms with van der Waals surface area (Å²) in [6, 6.07) is 11.5. The summed E-state index contributed by atoms with van der Waals surface area (Å²) in [5.41, 5.74) is 1.91. The Morgan fingerprint density at radius 2 is 2.00 bits per heavy atom. The molecule has 4 aromatic rings. The molecule has 0 radical (unpaired) electrons. The molecule has 0 aliphatic rings. The number of rotatable bonds is 4. The highest BCUT2D eigenvalue weighted by atomic mass is 32.1. The van der Waals surface area contributed by atoms with E-state index in [2.05, 4.69) is 9.97 Å². The van der Waals surface area contributed by atoms with Gasteiger partial charge >= 0.3 is 0 Å². The maximum atomic E-state index is 12.7. The summed E-state index contributed by atoms with van der Waals surface area (Å²) in [6.07, 6.45) is 6.95. The zero-order valence-corrected chi connectivity index (χ0v) is 14.7. The lowest BCUT2D eigenvalue weighted by Crippen LogP contribution is -2.14. The molecule has 0 atom stereocenters. The molecule has 1 aromatic carbocycles. The van der Waals surface area contributed by atoms with Crippen molar-refractivity contribution >= 4 is 34.1 Å². The Balaban J connectivity index is 1.81. The molecule has 0 aliphatic heterocycles. The van der Waals surface area contributed by atoms with Gasteiger partial charge in [0.1, 0.15) is 0 Å². The number of fused-ring (bicyclic) bond motifs is 1. The van der Waals surface area contributed by atoms with Crippen molar-refractivity contribution in [2.45, 2.75) is 0 Å². The van der Waals surface area contributed by atoms with E-state index < -0.39 is 4.92 Å². The van der Waals surface area contributed by atoms with Crippen molar-refractivity contribution in [3.05, 3.63) is 92.0 Å². The molecule has 0 saturated carbocycles. The van der Waals surface area contributed by atoms with Gasteiger partial charge in [0.15, 0.2) is 4.96 Å². The third kappa shape index (κ3) is 3.25.